The predicted molar refractivity (Wildman–Crippen MR) is 122 cm³/mol. The smallest absolute Gasteiger partial charge is 0.243 e. The fraction of sp³-hybridized carbons (Fsp3) is 0.318. The molecule has 31 heavy (non-hydrogen) atoms. The van der Waals surface area contributed by atoms with Crippen LogP contribution in [0.2, 0.25) is 0 Å². The van der Waals surface area contributed by atoms with Crippen LogP contribution in [0.1, 0.15) is 23.6 Å². The standard InChI is InChI=1S/C22H26N6O2S/c1-5-28-21(17-6-8-23-9-7-17)26-27-22(28)31-13-19(30)24-12-18(29)25-20-15(3)10-14(2)11-16(20)4/h6-11H,5,12-13H2,1-4H3,(H,24,30)(H,25,29). The molecular formula is C22H26N6O2S. The van der Waals surface area contributed by atoms with Crippen LogP contribution in [0.4, 0.5) is 5.69 Å². The number of carbonyl (C=O) groups excluding carboxylic acids is 2. The van der Waals surface area contributed by atoms with E-state index in [4.69, 9.17) is 0 Å². The number of thioether (sulfide) groups is 1. The molecule has 2 aromatic heterocycles. The van der Waals surface area contributed by atoms with Gasteiger partial charge in [0.2, 0.25) is 11.8 Å². The van der Waals surface area contributed by atoms with Crippen LogP contribution >= 0.6 is 11.8 Å². The minimum Gasteiger partial charge on any atom is -0.346 e. The van der Waals surface area contributed by atoms with Gasteiger partial charge in [0.15, 0.2) is 11.0 Å². The molecule has 0 fully saturated rings. The summed E-state index contributed by atoms with van der Waals surface area (Å²) in [4.78, 5) is 28.5. The number of rotatable bonds is 8. The molecule has 0 aliphatic rings. The second kappa shape index (κ2) is 10.2. The Morgan fingerprint density at radius 3 is 2.35 bits per heavy atom. The highest BCUT2D eigenvalue weighted by molar-refractivity contribution is 7.99. The number of aryl methyl sites for hydroxylation is 3. The average molecular weight is 439 g/mol. The fourth-order valence-corrected chi connectivity index (χ4v) is 4.15. The van der Waals surface area contributed by atoms with Crippen LogP contribution in [-0.4, -0.2) is 43.9 Å². The third-order valence-electron chi connectivity index (χ3n) is 4.69. The van der Waals surface area contributed by atoms with Crippen LogP contribution in [0, 0.1) is 20.8 Å². The summed E-state index contributed by atoms with van der Waals surface area (Å²) < 4.78 is 1.95. The summed E-state index contributed by atoms with van der Waals surface area (Å²) in [6, 6.07) is 7.77. The van der Waals surface area contributed by atoms with Crippen LogP contribution in [0.3, 0.4) is 0 Å². The molecule has 0 radical (unpaired) electrons. The number of amides is 2. The van der Waals surface area contributed by atoms with Crippen LogP contribution < -0.4 is 10.6 Å². The van der Waals surface area contributed by atoms with Gasteiger partial charge in [-0.2, -0.15) is 0 Å². The molecule has 2 heterocycles. The topological polar surface area (TPSA) is 102 Å². The second-order valence-corrected chi connectivity index (χ2v) is 8.12. The highest BCUT2D eigenvalue weighted by Crippen LogP contribution is 2.23. The van der Waals surface area contributed by atoms with Gasteiger partial charge in [-0.1, -0.05) is 29.5 Å². The normalized spacial score (nSPS) is 10.7. The summed E-state index contributed by atoms with van der Waals surface area (Å²) in [7, 11) is 0. The van der Waals surface area contributed by atoms with Gasteiger partial charge in [-0.3, -0.25) is 14.6 Å². The van der Waals surface area contributed by atoms with Crippen molar-refractivity contribution in [3.63, 3.8) is 0 Å². The zero-order valence-electron chi connectivity index (χ0n) is 18.1. The molecule has 0 aliphatic carbocycles. The minimum atomic E-state index is -0.259. The summed E-state index contributed by atoms with van der Waals surface area (Å²) in [5, 5.41) is 14.7. The fourth-order valence-electron chi connectivity index (χ4n) is 3.32. The third kappa shape index (κ3) is 5.69. The van der Waals surface area contributed by atoms with Crippen molar-refractivity contribution in [1.29, 1.82) is 0 Å². The summed E-state index contributed by atoms with van der Waals surface area (Å²) in [6.07, 6.45) is 3.41. The SMILES string of the molecule is CCn1c(SCC(=O)NCC(=O)Nc2c(C)cc(C)cc2C)nnc1-c1ccncc1. The molecule has 1 aromatic carbocycles. The van der Waals surface area contributed by atoms with Crippen LogP contribution in [-0.2, 0) is 16.1 Å². The first kappa shape index (κ1) is 22.5. The summed E-state index contributed by atoms with van der Waals surface area (Å²) in [5.74, 6) is 0.374. The third-order valence-corrected chi connectivity index (χ3v) is 5.66. The molecule has 0 spiro atoms. The number of aromatic nitrogens is 4. The number of pyridine rings is 1. The van der Waals surface area contributed by atoms with E-state index < -0.39 is 0 Å². The van der Waals surface area contributed by atoms with Gasteiger partial charge in [-0.15, -0.1) is 10.2 Å². The van der Waals surface area contributed by atoms with Gasteiger partial charge in [-0.05, 0) is 51.0 Å². The van der Waals surface area contributed by atoms with Crippen molar-refractivity contribution in [2.75, 3.05) is 17.6 Å². The molecule has 0 unspecified atom stereocenters. The Morgan fingerprint density at radius 1 is 1.03 bits per heavy atom. The van der Waals surface area contributed by atoms with Crippen molar-refractivity contribution in [2.45, 2.75) is 39.4 Å². The van der Waals surface area contributed by atoms with Gasteiger partial charge in [0, 0.05) is 30.2 Å². The van der Waals surface area contributed by atoms with Crippen molar-refractivity contribution < 1.29 is 9.59 Å². The Hall–Kier alpha value is -3.20. The lowest BCUT2D eigenvalue weighted by molar-refractivity contribution is -0.122. The van der Waals surface area contributed by atoms with Crippen LogP contribution in [0.5, 0.6) is 0 Å². The number of hydrogen-bond donors (Lipinski definition) is 2. The van der Waals surface area contributed by atoms with Crippen molar-refractivity contribution >= 4 is 29.3 Å². The van der Waals surface area contributed by atoms with E-state index in [1.165, 1.54) is 11.8 Å². The lowest BCUT2D eigenvalue weighted by atomic mass is 10.1. The van der Waals surface area contributed by atoms with Crippen molar-refractivity contribution in [3.05, 3.63) is 53.3 Å². The Bertz CT molecular complexity index is 1060. The van der Waals surface area contributed by atoms with E-state index in [9.17, 15) is 9.59 Å². The average Bonchev–Trinajstić information content (AvgIpc) is 3.17. The monoisotopic (exact) mass is 438 g/mol. The van der Waals surface area contributed by atoms with E-state index >= 15 is 0 Å². The van der Waals surface area contributed by atoms with E-state index in [2.05, 4.69) is 25.8 Å². The van der Waals surface area contributed by atoms with Crippen LogP contribution in [0.15, 0.2) is 41.8 Å². The molecule has 3 rings (SSSR count). The lowest BCUT2D eigenvalue weighted by Gasteiger charge is -2.13. The number of hydrogen-bond acceptors (Lipinski definition) is 6. The Morgan fingerprint density at radius 2 is 1.71 bits per heavy atom. The minimum absolute atomic E-state index is 0.0884. The lowest BCUT2D eigenvalue weighted by Crippen LogP contribution is -2.34. The molecule has 8 nitrogen and oxygen atoms in total. The van der Waals surface area contributed by atoms with E-state index in [-0.39, 0.29) is 24.1 Å². The maximum Gasteiger partial charge on any atom is 0.243 e. The van der Waals surface area contributed by atoms with Crippen LogP contribution in [0.25, 0.3) is 11.4 Å². The van der Waals surface area contributed by atoms with Crippen molar-refractivity contribution in [1.82, 2.24) is 25.1 Å². The van der Waals surface area contributed by atoms with Gasteiger partial charge in [0.1, 0.15) is 0 Å². The van der Waals surface area contributed by atoms with E-state index in [0.29, 0.717) is 11.7 Å². The highest BCUT2D eigenvalue weighted by atomic mass is 32.2. The first-order valence-electron chi connectivity index (χ1n) is 9.99. The molecular weight excluding hydrogens is 412 g/mol. The molecule has 162 valence electrons. The number of anilines is 1. The molecule has 0 bridgehead atoms. The number of nitrogens with zero attached hydrogens (tertiary/aromatic N) is 4. The Kier molecular flexibility index (Phi) is 7.41. The van der Waals surface area contributed by atoms with E-state index in [1.54, 1.807) is 12.4 Å². The second-order valence-electron chi connectivity index (χ2n) is 7.17. The van der Waals surface area contributed by atoms with Gasteiger partial charge in [0.05, 0.1) is 12.3 Å². The maximum atomic E-state index is 12.3. The molecule has 2 amide bonds. The van der Waals surface area contributed by atoms with E-state index in [1.807, 2.05) is 56.5 Å². The molecule has 0 atom stereocenters. The van der Waals surface area contributed by atoms with Gasteiger partial charge in [0.25, 0.3) is 0 Å². The summed E-state index contributed by atoms with van der Waals surface area (Å²) in [6.45, 7) is 8.51. The molecule has 2 N–H and O–H groups in total. The molecule has 0 saturated carbocycles. The van der Waals surface area contributed by atoms with Crippen molar-refractivity contribution in [3.8, 4) is 11.4 Å². The highest BCUT2D eigenvalue weighted by Gasteiger charge is 2.15. The first-order chi connectivity index (χ1) is 14.9. The number of benzene rings is 1. The van der Waals surface area contributed by atoms with Gasteiger partial charge in [-0.25, -0.2) is 0 Å². The Balaban J connectivity index is 1.53. The summed E-state index contributed by atoms with van der Waals surface area (Å²) >= 11 is 1.29. The van der Waals surface area contributed by atoms with Gasteiger partial charge < -0.3 is 15.2 Å². The molecule has 0 aliphatic heterocycles. The first-order valence-corrected chi connectivity index (χ1v) is 11.0. The molecule has 0 saturated heterocycles. The largest absolute Gasteiger partial charge is 0.346 e. The molecule has 9 heteroatoms. The van der Waals surface area contributed by atoms with Crippen molar-refractivity contribution in [2.24, 2.45) is 0 Å². The predicted octanol–water partition coefficient (Wildman–Crippen LogP) is 3.13. The number of nitrogens with one attached hydrogen (secondary N) is 2. The Labute approximate surface area is 185 Å². The summed E-state index contributed by atoms with van der Waals surface area (Å²) in [5.41, 5.74) is 4.84. The maximum absolute atomic E-state index is 12.3. The quantitative estimate of drug-likeness (QED) is 0.524. The number of carbonyl (C=O) groups is 2. The van der Waals surface area contributed by atoms with E-state index in [0.717, 1.165) is 33.8 Å². The molecule has 3 aromatic rings. The zero-order valence-corrected chi connectivity index (χ0v) is 18.9. The van der Waals surface area contributed by atoms with Gasteiger partial charge >= 0.3 is 0 Å². The zero-order chi connectivity index (χ0) is 22.4.